The third-order valence-electron chi connectivity index (χ3n) is 2.83. The van der Waals surface area contributed by atoms with E-state index in [0.717, 1.165) is 11.0 Å². The van der Waals surface area contributed by atoms with Gasteiger partial charge in [0.15, 0.2) is 0 Å². The second-order valence-corrected chi connectivity index (χ2v) is 5.06. The summed E-state index contributed by atoms with van der Waals surface area (Å²) in [6.45, 7) is 3.44. The zero-order chi connectivity index (χ0) is 13.3. The van der Waals surface area contributed by atoms with E-state index in [0.29, 0.717) is 5.56 Å². The van der Waals surface area contributed by atoms with Crippen LogP contribution in [0.4, 0.5) is 0 Å². The molecule has 2 aromatic rings. The Bertz CT molecular complexity index is 587. The Morgan fingerprint density at radius 3 is 2.89 bits per heavy atom. The summed E-state index contributed by atoms with van der Waals surface area (Å²) in [5.41, 5.74) is 1.70. The highest BCUT2D eigenvalue weighted by Crippen LogP contribution is 2.14. The number of rotatable bonds is 3. The van der Waals surface area contributed by atoms with Gasteiger partial charge in [-0.2, -0.15) is 0 Å². The molecule has 0 spiro atoms. The molecule has 0 aliphatic rings. The molecule has 0 fully saturated rings. The average molecular weight is 247 g/mol. The van der Waals surface area contributed by atoms with Crippen molar-refractivity contribution >= 4 is 16.9 Å². The van der Waals surface area contributed by atoms with Crippen LogP contribution in [0.1, 0.15) is 24.2 Å². The Kier molecular flexibility index (Phi) is 3.09. The first kappa shape index (κ1) is 12.6. The van der Waals surface area contributed by atoms with Crippen LogP contribution in [-0.2, 0) is 7.05 Å². The lowest BCUT2D eigenvalue weighted by molar-refractivity contribution is 0.0869. The molecule has 0 atom stereocenters. The molecule has 1 amide bonds. The van der Waals surface area contributed by atoms with E-state index in [2.05, 4.69) is 10.3 Å². The maximum absolute atomic E-state index is 12.0. The monoisotopic (exact) mass is 247 g/mol. The van der Waals surface area contributed by atoms with Gasteiger partial charge in [-0.3, -0.25) is 4.79 Å². The summed E-state index contributed by atoms with van der Waals surface area (Å²) >= 11 is 0. The molecular weight excluding hydrogens is 230 g/mol. The van der Waals surface area contributed by atoms with E-state index in [9.17, 15) is 4.79 Å². The Morgan fingerprint density at radius 2 is 2.22 bits per heavy atom. The van der Waals surface area contributed by atoms with E-state index in [1.807, 2.05) is 17.7 Å². The zero-order valence-electron chi connectivity index (χ0n) is 10.8. The first-order chi connectivity index (χ1) is 8.43. The molecule has 96 valence electrons. The molecule has 2 rings (SSSR count). The summed E-state index contributed by atoms with van der Waals surface area (Å²) in [6, 6.07) is 5.35. The van der Waals surface area contributed by atoms with Gasteiger partial charge in [-0.05, 0) is 32.0 Å². The van der Waals surface area contributed by atoms with E-state index < -0.39 is 5.54 Å². The van der Waals surface area contributed by atoms with Gasteiger partial charge in [-0.25, -0.2) is 4.98 Å². The van der Waals surface area contributed by atoms with Crippen LogP contribution in [0.3, 0.4) is 0 Å². The largest absolute Gasteiger partial charge is 0.394 e. The van der Waals surface area contributed by atoms with Crippen molar-refractivity contribution < 1.29 is 9.90 Å². The van der Waals surface area contributed by atoms with Crippen LogP contribution >= 0.6 is 0 Å². The van der Waals surface area contributed by atoms with Crippen molar-refractivity contribution in [3.63, 3.8) is 0 Å². The number of aromatic nitrogens is 2. The van der Waals surface area contributed by atoms with Crippen LogP contribution in [0.5, 0.6) is 0 Å². The predicted octanol–water partition coefficient (Wildman–Crippen LogP) is 1.07. The van der Waals surface area contributed by atoms with E-state index in [1.54, 1.807) is 32.3 Å². The summed E-state index contributed by atoms with van der Waals surface area (Å²) in [5, 5.41) is 11.9. The van der Waals surface area contributed by atoms with Crippen molar-refractivity contribution in [2.45, 2.75) is 19.4 Å². The molecule has 18 heavy (non-hydrogen) atoms. The Hall–Kier alpha value is -1.88. The van der Waals surface area contributed by atoms with Gasteiger partial charge in [-0.1, -0.05) is 0 Å². The fourth-order valence-corrected chi connectivity index (χ4v) is 1.69. The van der Waals surface area contributed by atoms with Crippen LogP contribution in [0, 0.1) is 0 Å². The molecule has 1 heterocycles. The molecule has 1 aromatic heterocycles. The SMILES string of the molecule is Cn1cnc2ccc(C(=O)NC(C)(C)CO)cc21. The molecule has 5 nitrogen and oxygen atoms in total. The average Bonchev–Trinajstić information content (AvgIpc) is 2.70. The molecule has 2 N–H and O–H groups in total. The van der Waals surface area contributed by atoms with Crippen molar-refractivity contribution in [1.29, 1.82) is 0 Å². The number of hydrogen-bond acceptors (Lipinski definition) is 3. The summed E-state index contributed by atoms with van der Waals surface area (Å²) < 4.78 is 1.86. The Labute approximate surface area is 105 Å². The quantitative estimate of drug-likeness (QED) is 0.852. The number of carbonyl (C=O) groups is 1. The zero-order valence-corrected chi connectivity index (χ0v) is 10.8. The van der Waals surface area contributed by atoms with Gasteiger partial charge >= 0.3 is 0 Å². The van der Waals surface area contributed by atoms with Crippen LogP contribution < -0.4 is 5.32 Å². The lowest BCUT2D eigenvalue weighted by atomic mass is 10.1. The summed E-state index contributed by atoms with van der Waals surface area (Å²) in [5.74, 6) is -0.197. The summed E-state index contributed by atoms with van der Waals surface area (Å²) in [4.78, 5) is 16.2. The smallest absolute Gasteiger partial charge is 0.251 e. The maximum atomic E-state index is 12.0. The highest BCUT2D eigenvalue weighted by atomic mass is 16.3. The number of amides is 1. The second-order valence-electron chi connectivity index (χ2n) is 5.06. The van der Waals surface area contributed by atoms with Crippen molar-refractivity contribution in [1.82, 2.24) is 14.9 Å². The number of carbonyl (C=O) groups excluding carboxylic acids is 1. The van der Waals surface area contributed by atoms with Gasteiger partial charge in [0.25, 0.3) is 5.91 Å². The molecule has 0 aliphatic carbocycles. The molecule has 0 unspecified atom stereocenters. The van der Waals surface area contributed by atoms with Gasteiger partial charge in [0.2, 0.25) is 0 Å². The number of aryl methyl sites for hydroxylation is 1. The first-order valence-corrected chi connectivity index (χ1v) is 5.77. The predicted molar refractivity (Wildman–Crippen MR) is 69.3 cm³/mol. The highest BCUT2D eigenvalue weighted by Gasteiger charge is 2.20. The molecule has 0 radical (unpaired) electrons. The molecule has 0 aliphatic heterocycles. The standard InChI is InChI=1S/C13H17N3O2/c1-13(2,7-17)15-12(18)9-4-5-10-11(6-9)16(3)8-14-10/h4-6,8,17H,7H2,1-3H3,(H,15,18). The highest BCUT2D eigenvalue weighted by molar-refractivity contribution is 5.97. The number of fused-ring (bicyclic) bond motifs is 1. The van der Waals surface area contributed by atoms with Gasteiger partial charge in [-0.15, -0.1) is 0 Å². The minimum absolute atomic E-state index is 0.104. The van der Waals surface area contributed by atoms with Crippen molar-refractivity contribution in [3.05, 3.63) is 30.1 Å². The number of hydrogen-bond donors (Lipinski definition) is 2. The fourth-order valence-electron chi connectivity index (χ4n) is 1.69. The number of aliphatic hydroxyl groups excluding tert-OH is 1. The fraction of sp³-hybridized carbons (Fsp3) is 0.385. The van der Waals surface area contributed by atoms with E-state index in [4.69, 9.17) is 5.11 Å². The number of nitrogens with zero attached hydrogens (tertiary/aromatic N) is 2. The lowest BCUT2D eigenvalue weighted by Gasteiger charge is -2.23. The Balaban J connectivity index is 2.31. The van der Waals surface area contributed by atoms with E-state index in [1.165, 1.54) is 0 Å². The minimum atomic E-state index is -0.626. The third kappa shape index (κ3) is 2.36. The van der Waals surface area contributed by atoms with E-state index in [-0.39, 0.29) is 12.5 Å². The van der Waals surface area contributed by atoms with Crippen LogP contribution in [0.2, 0.25) is 0 Å². The van der Waals surface area contributed by atoms with E-state index >= 15 is 0 Å². The van der Waals surface area contributed by atoms with Crippen molar-refractivity contribution in [2.24, 2.45) is 7.05 Å². The van der Waals surface area contributed by atoms with Gasteiger partial charge in [0.1, 0.15) is 0 Å². The topological polar surface area (TPSA) is 67.2 Å². The summed E-state index contributed by atoms with van der Waals surface area (Å²) in [7, 11) is 1.88. The minimum Gasteiger partial charge on any atom is -0.394 e. The first-order valence-electron chi connectivity index (χ1n) is 5.77. The van der Waals surface area contributed by atoms with Gasteiger partial charge < -0.3 is 15.0 Å². The lowest BCUT2D eigenvalue weighted by Crippen LogP contribution is -2.46. The number of benzene rings is 1. The molecule has 1 aromatic carbocycles. The second kappa shape index (κ2) is 4.42. The summed E-state index contributed by atoms with van der Waals surface area (Å²) in [6.07, 6.45) is 1.71. The van der Waals surface area contributed by atoms with Gasteiger partial charge in [0, 0.05) is 12.6 Å². The van der Waals surface area contributed by atoms with Gasteiger partial charge in [0.05, 0.1) is 29.5 Å². The Morgan fingerprint density at radius 1 is 1.50 bits per heavy atom. The van der Waals surface area contributed by atoms with Crippen LogP contribution in [0.25, 0.3) is 11.0 Å². The third-order valence-corrected chi connectivity index (χ3v) is 2.83. The number of nitrogens with one attached hydrogen (secondary N) is 1. The maximum Gasteiger partial charge on any atom is 0.251 e. The molecule has 0 saturated carbocycles. The molecule has 0 saturated heterocycles. The van der Waals surface area contributed by atoms with Crippen LogP contribution in [0.15, 0.2) is 24.5 Å². The van der Waals surface area contributed by atoms with Crippen molar-refractivity contribution in [2.75, 3.05) is 6.61 Å². The molecule has 5 heteroatoms. The number of aliphatic hydroxyl groups is 1. The van der Waals surface area contributed by atoms with Crippen molar-refractivity contribution in [3.8, 4) is 0 Å². The molecule has 0 bridgehead atoms. The van der Waals surface area contributed by atoms with Crippen LogP contribution in [-0.4, -0.2) is 32.7 Å². The number of imidazole rings is 1. The normalized spacial score (nSPS) is 11.8. The molecular formula is C13H17N3O2.